The summed E-state index contributed by atoms with van der Waals surface area (Å²) in [7, 11) is 0. The Morgan fingerprint density at radius 3 is 2.85 bits per heavy atom. The number of allylic oxidation sites excluding steroid dienone is 1. The van der Waals surface area contributed by atoms with Gasteiger partial charge in [0.05, 0.1) is 11.5 Å². The summed E-state index contributed by atoms with van der Waals surface area (Å²) in [5.41, 5.74) is -0.927. The Morgan fingerprint density at radius 2 is 2.38 bits per heavy atom. The number of carbonyl (C=O) groups is 1. The molecule has 0 amide bonds. The SMILES string of the molecule is CCCC1(C(=O)O)CCC=CC1O. The first-order chi connectivity index (χ1) is 6.13. The minimum atomic E-state index is -0.927. The molecule has 0 bridgehead atoms. The molecule has 0 spiro atoms. The van der Waals surface area contributed by atoms with Crippen molar-refractivity contribution in [3.63, 3.8) is 0 Å². The predicted octanol–water partition coefficient (Wildman–Crippen LogP) is 1.57. The molecule has 2 atom stereocenters. The molecular formula is C10H16O3. The number of rotatable bonds is 3. The van der Waals surface area contributed by atoms with E-state index in [1.165, 1.54) is 0 Å². The van der Waals surface area contributed by atoms with Gasteiger partial charge in [0.1, 0.15) is 0 Å². The summed E-state index contributed by atoms with van der Waals surface area (Å²) in [6.07, 6.45) is 5.27. The fourth-order valence-corrected chi connectivity index (χ4v) is 1.96. The molecule has 0 saturated carbocycles. The fraction of sp³-hybridized carbons (Fsp3) is 0.700. The third-order valence-corrected chi connectivity index (χ3v) is 2.76. The van der Waals surface area contributed by atoms with E-state index in [-0.39, 0.29) is 0 Å². The predicted molar refractivity (Wildman–Crippen MR) is 49.4 cm³/mol. The summed E-state index contributed by atoms with van der Waals surface area (Å²) in [5.74, 6) is -0.869. The highest BCUT2D eigenvalue weighted by Gasteiger charge is 2.44. The molecule has 2 unspecified atom stereocenters. The zero-order valence-corrected chi connectivity index (χ0v) is 7.86. The highest BCUT2D eigenvalue weighted by molar-refractivity contribution is 5.76. The van der Waals surface area contributed by atoms with E-state index in [1.807, 2.05) is 13.0 Å². The monoisotopic (exact) mass is 184 g/mol. The molecule has 1 aliphatic rings. The topological polar surface area (TPSA) is 57.5 Å². The maximum atomic E-state index is 11.1. The number of carboxylic acid groups (broad SMARTS) is 1. The molecule has 2 N–H and O–H groups in total. The molecule has 0 aromatic carbocycles. The Hall–Kier alpha value is -0.830. The molecule has 0 heterocycles. The fourth-order valence-electron chi connectivity index (χ4n) is 1.96. The molecule has 0 aromatic rings. The number of hydrogen-bond acceptors (Lipinski definition) is 2. The molecule has 74 valence electrons. The van der Waals surface area contributed by atoms with Crippen LogP contribution in [-0.2, 0) is 4.79 Å². The van der Waals surface area contributed by atoms with Gasteiger partial charge in [0.25, 0.3) is 0 Å². The van der Waals surface area contributed by atoms with Crippen molar-refractivity contribution in [3.8, 4) is 0 Å². The van der Waals surface area contributed by atoms with Crippen LogP contribution in [0.3, 0.4) is 0 Å². The van der Waals surface area contributed by atoms with Gasteiger partial charge < -0.3 is 10.2 Å². The second-order valence-corrected chi connectivity index (χ2v) is 3.62. The minimum absolute atomic E-state index is 0.549. The van der Waals surface area contributed by atoms with Gasteiger partial charge >= 0.3 is 5.97 Å². The van der Waals surface area contributed by atoms with E-state index in [4.69, 9.17) is 5.11 Å². The molecule has 3 heteroatoms. The van der Waals surface area contributed by atoms with Crippen molar-refractivity contribution in [2.75, 3.05) is 0 Å². The van der Waals surface area contributed by atoms with Gasteiger partial charge in [0.15, 0.2) is 0 Å². The smallest absolute Gasteiger partial charge is 0.312 e. The molecule has 0 saturated heterocycles. The van der Waals surface area contributed by atoms with E-state index in [1.54, 1.807) is 6.08 Å². The lowest BCUT2D eigenvalue weighted by Gasteiger charge is -2.34. The van der Waals surface area contributed by atoms with Gasteiger partial charge in [-0.3, -0.25) is 4.79 Å². The highest BCUT2D eigenvalue weighted by Crippen LogP contribution is 2.37. The van der Waals surface area contributed by atoms with Gasteiger partial charge in [-0.1, -0.05) is 25.5 Å². The average molecular weight is 184 g/mol. The van der Waals surface area contributed by atoms with Crippen LogP contribution >= 0.6 is 0 Å². The largest absolute Gasteiger partial charge is 0.481 e. The number of aliphatic carboxylic acids is 1. The molecule has 13 heavy (non-hydrogen) atoms. The maximum absolute atomic E-state index is 11.1. The van der Waals surface area contributed by atoms with E-state index in [0.29, 0.717) is 12.8 Å². The van der Waals surface area contributed by atoms with Crippen LogP contribution in [0.2, 0.25) is 0 Å². The molecule has 1 rings (SSSR count). The van der Waals surface area contributed by atoms with Crippen LogP contribution < -0.4 is 0 Å². The summed E-state index contributed by atoms with van der Waals surface area (Å²) in [5, 5.41) is 18.7. The van der Waals surface area contributed by atoms with Crippen LogP contribution in [0.5, 0.6) is 0 Å². The Labute approximate surface area is 78.1 Å². The van der Waals surface area contributed by atoms with Crippen molar-refractivity contribution in [3.05, 3.63) is 12.2 Å². The van der Waals surface area contributed by atoms with Gasteiger partial charge in [-0.15, -0.1) is 0 Å². The van der Waals surface area contributed by atoms with Crippen molar-refractivity contribution in [1.82, 2.24) is 0 Å². The quantitative estimate of drug-likeness (QED) is 0.654. The van der Waals surface area contributed by atoms with Crippen molar-refractivity contribution < 1.29 is 15.0 Å². The summed E-state index contributed by atoms with van der Waals surface area (Å²) >= 11 is 0. The Balaban J connectivity index is 2.88. The Kier molecular flexibility index (Phi) is 3.09. The number of aliphatic hydroxyl groups excluding tert-OH is 1. The highest BCUT2D eigenvalue weighted by atomic mass is 16.4. The lowest BCUT2D eigenvalue weighted by Crippen LogP contribution is -2.42. The van der Waals surface area contributed by atoms with Crippen LogP contribution in [0.4, 0.5) is 0 Å². The Morgan fingerprint density at radius 1 is 1.69 bits per heavy atom. The van der Waals surface area contributed by atoms with E-state index in [0.717, 1.165) is 12.8 Å². The molecule has 3 nitrogen and oxygen atoms in total. The molecule has 0 aromatic heterocycles. The van der Waals surface area contributed by atoms with Crippen molar-refractivity contribution >= 4 is 5.97 Å². The minimum Gasteiger partial charge on any atom is -0.481 e. The van der Waals surface area contributed by atoms with E-state index in [9.17, 15) is 9.90 Å². The standard InChI is InChI=1S/C10H16O3/c1-2-6-10(9(12)13)7-4-3-5-8(10)11/h3,5,8,11H,2,4,6-7H2,1H3,(H,12,13). The normalized spacial score (nSPS) is 33.2. The van der Waals surface area contributed by atoms with Crippen LogP contribution in [-0.4, -0.2) is 22.3 Å². The van der Waals surface area contributed by atoms with E-state index in [2.05, 4.69) is 0 Å². The first-order valence-corrected chi connectivity index (χ1v) is 4.71. The number of carboxylic acids is 1. The van der Waals surface area contributed by atoms with Crippen LogP contribution in [0.25, 0.3) is 0 Å². The lowest BCUT2D eigenvalue weighted by molar-refractivity contribution is -0.156. The third-order valence-electron chi connectivity index (χ3n) is 2.76. The van der Waals surface area contributed by atoms with Gasteiger partial charge in [0.2, 0.25) is 0 Å². The second kappa shape index (κ2) is 3.92. The molecule has 0 aliphatic heterocycles. The van der Waals surface area contributed by atoms with Gasteiger partial charge in [-0.2, -0.15) is 0 Å². The van der Waals surface area contributed by atoms with Gasteiger partial charge in [-0.25, -0.2) is 0 Å². The summed E-state index contributed by atoms with van der Waals surface area (Å²) < 4.78 is 0. The zero-order chi connectivity index (χ0) is 9.90. The first kappa shape index (κ1) is 10.3. The van der Waals surface area contributed by atoms with Crippen LogP contribution in [0.15, 0.2) is 12.2 Å². The maximum Gasteiger partial charge on any atom is 0.312 e. The average Bonchev–Trinajstić information content (AvgIpc) is 2.09. The lowest BCUT2D eigenvalue weighted by atomic mass is 9.72. The number of aliphatic hydroxyl groups is 1. The van der Waals surface area contributed by atoms with Crippen LogP contribution in [0.1, 0.15) is 32.6 Å². The van der Waals surface area contributed by atoms with E-state index < -0.39 is 17.5 Å². The van der Waals surface area contributed by atoms with Gasteiger partial charge in [0, 0.05) is 0 Å². The van der Waals surface area contributed by atoms with Crippen molar-refractivity contribution in [2.24, 2.45) is 5.41 Å². The van der Waals surface area contributed by atoms with Crippen LogP contribution in [0, 0.1) is 5.41 Å². The first-order valence-electron chi connectivity index (χ1n) is 4.71. The third kappa shape index (κ3) is 1.75. The molecular weight excluding hydrogens is 168 g/mol. The van der Waals surface area contributed by atoms with Crippen molar-refractivity contribution in [1.29, 1.82) is 0 Å². The van der Waals surface area contributed by atoms with Gasteiger partial charge in [-0.05, 0) is 19.3 Å². The van der Waals surface area contributed by atoms with Crippen molar-refractivity contribution in [2.45, 2.75) is 38.7 Å². The summed E-state index contributed by atoms with van der Waals surface area (Å²) in [4.78, 5) is 11.1. The molecule has 1 aliphatic carbocycles. The molecule has 0 fully saturated rings. The summed E-state index contributed by atoms with van der Waals surface area (Å²) in [6.45, 7) is 1.94. The summed E-state index contributed by atoms with van der Waals surface area (Å²) in [6, 6.07) is 0. The Bertz CT molecular complexity index is 222. The number of hydrogen-bond donors (Lipinski definition) is 2. The molecule has 0 radical (unpaired) electrons. The second-order valence-electron chi connectivity index (χ2n) is 3.62. The zero-order valence-electron chi connectivity index (χ0n) is 7.86. The van der Waals surface area contributed by atoms with E-state index >= 15 is 0 Å².